The summed E-state index contributed by atoms with van der Waals surface area (Å²) in [4.78, 5) is 10.5. The van der Waals surface area contributed by atoms with Crippen molar-refractivity contribution in [3.63, 3.8) is 0 Å². The Kier molecular flexibility index (Phi) is 3.16. The average molecular weight is 204 g/mol. The number of alkyl halides is 2. The van der Waals surface area contributed by atoms with Gasteiger partial charge in [0.25, 0.3) is 5.91 Å². The minimum Gasteiger partial charge on any atom is -0.361 e. The van der Waals surface area contributed by atoms with Crippen LogP contribution >= 0.6 is 0 Å². The highest BCUT2D eigenvalue weighted by molar-refractivity contribution is 5.79. The normalized spacial score (nSPS) is 10.6. The summed E-state index contributed by atoms with van der Waals surface area (Å²) in [5.41, 5.74) is 1.23. The molecule has 1 N–H and O–H groups in total. The Morgan fingerprint density at radius 3 is 2.64 bits per heavy atom. The molecule has 0 radical (unpaired) electrons. The van der Waals surface area contributed by atoms with Gasteiger partial charge in [0.05, 0.1) is 5.69 Å². The van der Waals surface area contributed by atoms with Gasteiger partial charge < -0.3 is 9.84 Å². The second kappa shape index (κ2) is 4.17. The minimum absolute atomic E-state index is 0.0182. The Labute approximate surface area is 79.3 Å². The van der Waals surface area contributed by atoms with Crippen LogP contribution in [0, 0.1) is 13.8 Å². The van der Waals surface area contributed by atoms with E-state index < -0.39 is 12.3 Å². The molecule has 6 heteroatoms. The van der Waals surface area contributed by atoms with Gasteiger partial charge in [-0.15, -0.1) is 0 Å². The molecule has 78 valence electrons. The van der Waals surface area contributed by atoms with Gasteiger partial charge >= 0.3 is 6.43 Å². The van der Waals surface area contributed by atoms with Gasteiger partial charge in [0.15, 0.2) is 0 Å². The molecule has 1 aromatic heterocycles. The van der Waals surface area contributed by atoms with Crippen molar-refractivity contribution in [2.45, 2.75) is 26.8 Å². The maximum Gasteiger partial charge on any atom is 0.315 e. The lowest BCUT2D eigenvalue weighted by Crippen LogP contribution is -2.29. The van der Waals surface area contributed by atoms with Gasteiger partial charge in [0, 0.05) is 12.1 Å². The fourth-order valence-corrected chi connectivity index (χ4v) is 1.01. The summed E-state index contributed by atoms with van der Waals surface area (Å²) in [5, 5.41) is 5.70. The Morgan fingerprint density at radius 1 is 1.57 bits per heavy atom. The first-order chi connectivity index (χ1) is 6.52. The number of aromatic nitrogens is 1. The fourth-order valence-electron chi connectivity index (χ4n) is 1.01. The van der Waals surface area contributed by atoms with Crippen LogP contribution in [-0.2, 0) is 11.3 Å². The first-order valence-electron chi connectivity index (χ1n) is 4.00. The Bertz CT molecular complexity index is 317. The molecule has 0 spiro atoms. The highest BCUT2D eigenvalue weighted by Crippen LogP contribution is 2.11. The minimum atomic E-state index is -2.99. The van der Waals surface area contributed by atoms with E-state index in [9.17, 15) is 13.6 Å². The molecule has 0 aliphatic heterocycles. The molecule has 0 bridgehead atoms. The summed E-state index contributed by atoms with van der Waals surface area (Å²) >= 11 is 0. The molecule has 0 aromatic carbocycles. The number of carbonyl (C=O) groups is 1. The summed E-state index contributed by atoms with van der Waals surface area (Å²) in [5.74, 6) is -0.762. The van der Waals surface area contributed by atoms with Gasteiger partial charge in [-0.25, -0.2) is 0 Å². The molecule has 0 unspecified atom stereocenters. The first kappa shape index (κ1) is 10.6. The summed E-state index contributed by atoms with van der Waals surface area (Å²) in [6.07, 6.45) is -2.99. The van der Waals surface area contributed by atoms with Crippen molar-refractivity contribution < 1.29 is 18.1 Å². The second-order valence-corrected chi connectivity index (χ2v) is 2.82. The van der Waals surface area contributed by atoms with Crippen LogP contribution in [0.25, 0.3) is 0 Å². The van der Waals surface area contributed by atoms with E-state index in [-0.39, 0.29) is 6.54 Å². The maximum absolute atomic E-state index is 11.8. The van der Waals surface area contributed by atoms with Crippen molar-refractivity contribution in [3.05, 3.63) is 17.0 Å². The molecule has 1 heterocycles. The van der Waals surface area contributed by atoms with Crippen LogP contribution in [-0.4, -0.2) is 17.5 Å². The van der Waals surface area contributed by atoms with Crippen molar-refractivity contribution in [2.75, 3.05) is 0 Å². The largest absolute Gasteiger partial charge is 0.361 e. The van der Waals surface area contributed by atoms with E-state index in [4.69, 9.17) is 4.52 Å². The fraction of sp³-hybridized carbons (Fsp3) is 0.500. The predicted molar refractivity (Wildman–Crippen MR) is 43.8 cm³/mol. The summed E-state index contributed by atoms with van der Waals surface area (Å²) in [6, 6.07) is 0. The van der Waals surface area contributed by atoms with Gasteiger partial charge in [0.1, 0.15) is 5.76 Å². The molecule has 0 atom stereocenters. The number of rotatable bonds is 3. The molecule has 1 amide bonds. The molecule has 4 nitrogen and oxygen atoms in total. The number of amides is 1. The van der Waals surface area contributed by atoms with E-state index in [1.165, 1.54) is 0 Å². The predicted octanol–water partition coefficient (Wildman–Crippen LogP) is 1.17. The number of aryl methyl sites for hydroxylation is 2. The lowest BCUT2D eigenvalue weighted by Gasteiger charge is -2.02. The quantitative estimate of drug-likeness (QED) is 0.804. The van der Waals surface area contributed by atoms with Crippen LogP contribution < -0.4 is 5.32 Å². The molecule has 0 aliphatic carbocycles. The van der Waals surface area contributed by atoms with Crippen molar-refractivity contribution >= 4 is 5.91 Å². The molecule has 0 aliphatic rings. The molecule has 0 saturated carbocycles. The van der Waals surface area contributed by atoms with Crippen LogP contribution in [0.5, 0.6) is 0 Å². The Morgan fingerprint density at radius 2 is 2.21 bits per heavy atom. The van der Waals surface area contributed by atoms with E-state index in [2.05, 4.69) is 10.5 Å². The molecule has 1 rings (SSSR count). The molecule has 0 saturated heterocycles. The highest BCUT2D eigenvalue weighted by atomic mass is 19.3. The Hall–Kier alpha value is -1.46. The van der Waals surface area contributed by atoms with Crippen molar-refractivity contribution in [3.8, 4) is 0 Å². The lowest BCUT2D eigenvalue weighted by molar-refractivity contribution is -0.131. The van der Waals surface area contributed by atoms with Crippen LogP contribution in [0.1, 0.15) is 17.0 Å². The highest BCUT2D eigenvalue weighted by Gasteiger charge is 2.16. The van der Waals surface area contributed by atoms with Gasteiger partial charge in [-0.05, 0) is 13.8 Å². The van der Waals surface area contributed by atoms with Crippen LogP contribution in [0.3, 0.4) is 0 Å². The van der Waals surface area contributed by atoms with Gasteiger partial charge in [-0.3, -0.25) is 4.79 Å². The molecular formula is C8H10F2N2O2. The van der Waals surface area contributed by atoms with Crippen molar-refractivity contribution in [2.24, 2.45) is 0 Å². The van der Waals surface area contributed by atoms with E-state index in [1.54, 1.807) is 13.8 Å². The Balaban J connectivity index is 2.58. The number of halogens is 2. The number of nitrogens with one attached hydrogen (secondary N) is 1. The van der Waals surface area contributed by atoms with Crippen LogP contribution in [0.2, 0.25) is 0 Å². The summed E-state index contributed by atoms with van der Waals surface area (Å²) in [7, 11) is 0. The number of hydrogen-bond acceptors (Lipinski definition) is 3. The SMILES string of the molecule is Cc1noc(C)c1CNC(=O)C(F)F. The second-order valence-electron chi connectivity index (χ2n) is 2.82. The summed E-state index contributed by atoms with van der Waals surface area (Å²) < 4.78 is 28.4. The lowest BCUT2D eigenvalue weighted by atomic mass is 10.2. The molecule has 14 heavy (non-hydrogen) atoms. The average Bonchev–Trinajstić information content (AvgIpc) is 2.43. The third kappa shape index (κ3) is 2.27. The molecule has 1 aromatic rings. The first-order valence-corrected chi connectivity index (χ1v) is 4.00. The van der Waals surface area contributed by atoms with Crippen molar-refractivity contribution in [1.29, 1.82) is 0 Å². The number of hydrogen-bond donors (Lipinski definition) is 1. The van der Waals surface area contributed by atoms with E-state index >= 15 is 0 Å². The van der Waals surface area contributed by atoms with E-state index in [0.717, 1.165) is 0 Å². The van der Waals surface area contributed by atoms with Crippen molar-refractivity contribution in [1.82, 2.24) is 10.5 Å². The topological polar surface area (TPSA) is 55.1 Å². The summed E-state index contributed by atoms with van der Waals surface area (Å²) in [6.45, 7) is 3.36. The molecule has 0 fully saturated rings. The third-order valence-electron chi connectivity index (χ3n) is 1.82. The van der Waals surface area contributed by atoms with Crippen LogP contribution in [0.4, 0.5) is 8.78 Å². The maximum atomic E-state index is 11.8. The zero-order chi connectivity index (χ0) is 10.7. The van der Waals surface area contributed by atoms with Crippen LogP contribution in [0.15, 0.2) is 4.52 Å². The van der Waals surface area contributed by atoms with E-state index in [0.29, 0.717) is 17.0 Å². The van der Waals surface area contributed by atoms with Gasteiger partial charge in [-0.1, -0.05) is 5.16 Å². The third-order valence-corrected chi connectivity index (χ3v) is 1.82. The monoisotopic (exact) mass is 204 g/mol. The van der Waals surface area contributed by atoms with E-state index in [1.807, 2.05) is 0 Å². The smallest absolute Gasteiger partial charge is 0.315 e. The standard InChI is InChI=1S/C8H10F2N2O2/c1-4-6(5(2)14-12-4)3-11-8(13)7(9)10/h7H,3H2,1-2H3,(H,11,13). The zero-order valence-electron chi connectivity index (χ0n) is 7.80. The van der Waals surface area contributed by atoms with Gasteiger partial charge in [0.2, 0.25) is 0 Å². The number of nitrogens with zero attached hydrogens (tertiary/aromatic N) is 1. The molecular weight excluding hydrogens is 194 g/mol. The van der Waals surface area contributed by atoms with Gasteiger partial charge in [-0.2, -0.15) is 8.78 Å². The zero-order valence-corrected chi connectivity index (χ0v) is 7.80. The number of carbonyl (C=O) groups excluding carboxylic acids is 1.